The summed E-state index contributed by atoms with van der Waals surface area (Å²) in [5, 5.41) is 1.28. The minimum absolute atomic E-state index is 0. The summed E-state index contributed by atoms with van der Waals surface area (Å²) in [6, 6.07) is 10.3. The maximum absolute atomic E-state index is 3.12. The first-order valence-corrected chi connectivity index (χ1v) is 2.99. The van der Waals surface area contributed by atoms with Crippen LogP contribution < -0.4 is 6.15 Å². The van der Waals surface area contributed by atoms with Crippen LogP contribution in [0, 0.1) is 0 Å². The molecule has 0 aliphatic carbocycles. The number of rotatable bonds is 0. The molecule has 1 aromatic carbocycles. The van der Waals surface area contributed by atoms with Gasteiger partial charge in [-0.15, -0.1) is 0 Å². The first-order chi connectivity index (χ1) is 4.47. The minimum Gasteiger partial charge on any atom is -0.361 e. The van der Waals surface area contributed by atoms with E-state index in [-0.39, 0.29) is 33.4 Å². The maximum atomic E-state index is 3.12. The molecule has 4 radical (unpaired) electrons. The molecule has 0 spiro atoms. The molecule has 0 fully saturated rings. The molecule has 1 aromatic heterocycles. The molecule has 56 valence electrons. The molecule has 11 heavy (non-hydrogen) atoms. The van der Waals surface area contributed by atoms with Crippen molar-refractivity contribution >= 4 is 38.2 Å². The number of H-pyrrole nitrogens is 1. The van der Waals surface area contributed by atoms with Crippen LogP contribution in [0.25, 0.3) is 10.9 Å². The van der Waals surface area contributed by atoms with Crippen LogP contribution in [0.2, 0.25) is 0 Å². The monoisotopic (exact) mass is 342 g/mol. The molecule has 0 amide bonds. The fraction of sp³-hybridized carbons (Fsp3) is 0. The summed E-state index contributed by atoms with van der Waals surface area (Å²) in [6.45, 7) is 0. The van der Waals surface area contributed by atoms with E-state index in [1.807, 2.05) is 18.3 Å². The van der Waals surface area contributed by atoms with E-state index in [2.05, 4.69) is 23.2 Å². The molecule has 0 unspecified atom stereocenters. The zero-order valence-electron chi connectivity index (χ0n) is 6.17. The van der Waals surface area contributed by atoms with Crippen molar-refractivity contribution in [3.8, 4) is 0 Å². The SMILES string of the molecule is N.[Pb].c1ccc2[nH]ccc2c1. The Kier molecular flexibility index (Phi) is 4.36. The average molecular weight is 341 g/mol. The standard InChI is InChI=1S/C8H7N.H3N.Pb/c1-2-4-8-7(3-1)5-6-9-8;;/h1-6,9H;1H3;. The van der Waals surface area contributed by atoms with Gasteiger partial charge < -0.3 is 11.1 Å². The van der Waals surface area contributed by atoms with E-state index < -0.39 is 0 Å². The Morgan fingerprint density at radius 1 is 1.00 bits per heavy atom. The van der Waals surface area contributed by atoms with Gasteiger partial charge in [0.25, 0.3) is 0 Å². The second kappa shape index (κ2) is 4.51. The number of hydrogen-bond donors (Lipinski definition) is 2. The second-order valence-corrected chi connectivity index (χ2v) is 2.06. The Bertz CT molecular complexity index is 286. The van der Waals surface area contributed by atoms with Gasteiger partial charge in [-0.3, -0.25) is 0 Å². The maximum Gasteiger partial charge on any atom is 0.0453 e. The summed E-state index contributed by atoms with van der Waals surface area (Å²) in [5.74, 6) is 0. The topological polar surface area (TPSA) is 50.8 Å². The molecule has 3 heteroatoms. The van der Waals surface area contributed by atoms with E-state index in [9.17, 15) is 0 Å². The van der Waals surface area contributed by atoms with Crippen molar-refractivity contribution in [2.24, 2.45) is 0 Å². The largest absolute Gasteiger partial charge is 0.361 e. The fourth-order valence-electron chi connectivity index (χ4n) is 0.995. The predicted molar refractivity (Wildman–Crippen MR) is 49.1 cm³/mol. The molecule has 0 bridgehead atoms. The Hall–Kier alpha value is -0.358. The normalized spacial score (nSPS) is 8.36. The van der Waals surface area contributed by atoms with Gasteiger partial charge in [0.05, 0.1) is 0 Å². The van der Waals surface area contributed by atoms with Crippen LogP contribution in [0.4, 0.5) is 0 Å². The number of para-hydroxylation sites is 1. The summed E-state index contributed by atoms with van der Waals surface area (Å²) in [5.41, 5.74) is 1.21. The van der Waals surface area contributed by atoms with Crippen LogP contribution in [0.15, 0.2) is 36.5 Å². The Balaban J connectivity index is 0.000000500. The summed E-state index contributed by atoms with van der Waals surface area (Å²) in [6.07, 6.45) is 1.95. The van der Waals surface area contributed by atoms with Gasteiger partial charge in [0.1, 0.15) is 0 Å². The van der Waals surface area contributed by atoms with Gasteiger partial charge in [0, 0.05) is 39.0 Å². The van der Waals surface area contributed by atoms with Crippen molar-refractivity contribution in [3.63, 3.8) is 0 Å². The molecule has 2 nitrogen and oxygen atoms in total. The number of hydrogen-bond acceptors (Lipinski definition) is 1. The van der Waals surface area contributed by atoms with Crippen LogP contribution in [-0.4, -0.2) is 32.3 Å². The predicted octanol–water partition coefficient (Wildman–Crippen LogP) is 1.95. The van der Waals surface area contributed by atoms with Crippen LogP contribution in [-0.2, 0) is 0 Å². The van der Waals surface area contributed by atoms with Gasteiger partial charge in [0.2, 0.25) is 0 Å². The van der Waals surface area contributed by atoms with Crippen molar-refractivity contribution in [1.82, 2.24) is 11.1 Å². The van der Waals surface area contributed by atoms with Gasteiger partial charge in [-0.2, -0.15) is 0 Å². The molecular weight excluding hydrogens is 331 g/mol. The van der Waals surface area contributed by atoms with E-state index in [1.54, 1.807) is 0 Å². The van der Waals surface area contributed by atoms with Gasteiger partial charge in [-0.1, -0.05) is 18.2 Å². The van der Waals surface area contributed by atoms with Crippen LogP contribution in [0.5, 0.6) is 0 Å². The first kappa shape index (κ1) is 10.6. The Morgan fingerprint density at radius 3 is 2.45 bits per heavy atom. The summed E-state index contributed by atoms with van der Waals surface area (Å²) >= 11 is 0. The molecule has 0 atom stereocenters. The quantitative estimate of drug-likeness (QED) is 0.707. The average Bonchev–Trinajstić information content (AvgIpc) is 2.33. The summed E-state index contributed by atoms with van der Waals surface area (Å²) < 4.78 is 0. The molecule has 2 aromatic rings. The zero-order chi connectivity index (χ0) is 6.10. The zero-order valence-corrected chi connectivity index (χ0v) is 10.1. The third kappa shape index (κ3) is 2.03. The van der Waals surface area contributed by atoms with Crippen molar-refractivity contribution in [3.05, 3.63) is 36.5 Å². The van der Waals surface area contributed by atoms with Crippen LogP contribution in [0.3, 0.4) is 0 Å². The van der Waals surface area contributed by atoms with Gasteiger partial charge in [-0.05, 0) is 17.5 Å². The van der Waals surface area contributed by atoms with Crippen LogP contribution in [0.1, 0.15) is 0 Å². The molecule has 1 heterocycles. The second-order valence-electron chi connectivity index (χ2n) is 2.06. The van der Waals surface area contributed by atoms with Gasteiger partial charge in [0.15, 0.2) is 0 Å². The smallest absolute Gasteiger partial charge is 0.0453 e. The van der Waals surface area contributed by atoms with Crippen molar-refractivity contribution in [1.29, 1.82) is 0 Å². The molecule has 0 aliphatic rings. The van der Waals surface area contributed by atoms with E-state index in [0.29, 0.717) is 0 Å². The van der Waals surface area contributed by atoms with Crippen LogP contribution >= 0.6 is 0 Å². The van der Waals surface area contributed by atoms with Crippen molar-refractivity contribution < 1.29 is 0 Å². The Labute approximate surface area is 85.7 Å². The molecule has 0 saturated carbocycles. The van der Waals surface area contributed by atoms with Gasteiger partial charge >= 0.3 is 0 Å². The number of aromatic nitrogens is 1. The van der Waals surface area contributed by atoms with Crippen molar-refractivity contribution in [2.75, 3.05) is 0 Å². The Morgan fingerprint density at radius 2 is 1.73 bits per heavy atom. The molecular formula is C8H10N2Pb. The number of fused-ring (bicyclic) bond motifs is 1. The number of benzene rings is 1. The van der Waals surface area contributed by atoms with E-state index in [0.717, 1.165) is 0 Å². The number of nitrogens with one attached hydrogen (secondary N) is 1. The molecule has 2 rings (SSSR count). The number of aromatic amines is 1. The van der Waals surface area contributed by atoms with Gasteiger partial charge in [-0.25, -0.2) is 0 Å². The molecule has 0 aliphatic heterocycles. The summed E-state index contributed by atoms with van der Waals surface area (Å²) in [7, 11) is 0. The van der Waals surface area contributed by atoms with Crippen molar-refractivity contribution in [2.45, 2.75) is 0 Å². The van der Waals surface area contributed by atoms with E-state index in [4.69, 9.17) is 0 Å². The minimum atomic E-state index is 0. The summed E-state index contributed by atoms with van der Waals surface area (Å²) in [4.78, 5) is 3.12. The first-order valence-electron chi connectivity index (χ1n) is 2.99. The molecule has 4 N–H and O–H groups in total. The van der Waals surface area contributed by atoms with E-state index >= 15 is 0 Å². The van der Waals surface area contributed by atoms with E-state index in [1.165, 1.54) is 10.9 Å². The third-order valence-corrected chi connectivity index (χ3v) is 1.46. The molecule has 0 saturated heterocycles. The fourth-order valence-corrected chi connectivity index (χ4v) is 0.995. The third-order valence-electron chi connectivity index (χ3n) is 1.46.